The smallest absolute Gasteiger partial charge is 0.211 e. The van der Waals surface area contributed by atoms with E-state index in [1.807, 2.05) is 30.0 Å². The molecule has 6 rings (SSSR count). The van der Waals surface area contributed by atoms with Gasteiger partial charge in [0.1, 0.15) is 29.4 Å². The van der Waals surface area contributed by atoms with Crippen molar-refractivity contribution >= 4 is 49.9 Å². The number of ether oxygens (including phenoxy) is 1. The van der Waals surface area contributed by atoms with E-state index in [9.17, 15) is 13.7 Å². The van der Waals surface area contributed by atoms with Crippen LogP contribution < -0.4 is 9.64 Å². The van der Waals surface area contributed by atoms with Crippen LogP contribution in [0.25, 0.3) is 22.2 Å². The normalized spacial score (nSPS) is 17.5. The number of benzene rings is 1. The highest BCUT2D eigenvalue weighted by atomic mass is 35.5. The van der Waals surface area contributed by atoms with Crippen molar-refractivity contribution < 1.29 is 13.2 Å². The molecule has 10 nitrogen and oxygen atoms in total. The number of hydrogen-bond acceptors (Lipinski definition) is 8. The number of fused-ring (bicyclic) bond motifs is 1. The van der Waals surface area contributed by atoms with E-state index in [-0.39, 0.29) is 5.41 Å². The van der Waals surface area contributed by atoms with Crippen molar-refractivity contribution in [3.63, 3.8) is 0 Å². The van der Waals surface area contributed by atoms with Gasteiger partial charge in [-0.05, 0) is 31.2 Å². The van der Waals surface area contributed by atoms with Gasteiger partial charge in [-0.25, -0.2) is 17.7 Å². The van der Waals surface area contributed by atoms with Crippen LogP contribution in [0, 0.1) is 16.7 Å². The number of H-pyrrole nitrogens is 1. The van der Waals surface area contributed by atoms with Crippen LogP contribution >= 0.6 is 23.2 Å². The summed E-state index contributed by atoms with van der Waals surface area (Å²) in [6, 6.07) is 9.60. The summed E-state index contributed by atoms with van der Waals surface area (Å²) < 4.78 is 31.1. The molecule has 13 heteroatoms. The Bertz CT molecular complexity index is 1730. The maximum atomic E-state index is 11.7. The van der Waals surface area contributed by atoms with Crippen LogP contribution in [-0.4, -0.2) is 65.3 Å². The third-order valence-corrected chi connectivity index (χ3v) is 9.05. The molecule has 0 bridgehead atoms. The first kappa shape index (κ1) is 25.8. The third-order valence-electron chi connectivity index (χ3n) is 7.25. The minimum Gasteiger partial charge on any atom is -0.486 e. The monoisotopic (exact) mass is 583 g/mol. The number of anilines is 1. The Morgan fingerprint density at radius 3 is 2.51 bits per heavy atom. The number of pyridine rings is 2. The lowest BCUT2D eigenvalue weighted by Gasteiger charge is -2.59. The zero-order valence-corrected chi connectivity index (χ0v) is 23.3. The molecule has 1 spiro atoms. The second-order valence-corrected chi connectivity index (χ2v) is 12.9. The highest BCUT2D eigenvalue weighted by Crippen LogP contribution is 2.43. The first-order valence-electron chi connectivity index (χ1n) is 12.1. The fourth-order valence-corrected chi connectivity index (χ4v) is 7.02. The Labute approximate surface area is 235 Å². The van der Waals surface area contributed by atoms with Gasteiger partial charge in [0.05, 0.1) is 27.4 Å². The SMILES string of the molecule is CC(Oc1ccc2[nH]nc(-c3cnc(N4CC5(C4)CN(S(C)(=O)=O)C5)c(C#N)c3)c2c1)c1c(Cl)cncc1Cl. The number of hydrogen-bond donors (Lipinski definition) is 1. The van der Waals surface area contributed by atoms with Crippen LogP contribution in [0.3, 0.4) is 0 Å². The van der Waals surface area contributed by atoms with Crippen molar-refractivity contribution in [3.8, 4) is 23.1 Å². The molecule has 2 saturated heterocycles. The standard InChI is InChI=1S/C26H23Cl2N7O3S/c1-15(23-20(27)9-30-10-21(23)28)38-18-3-4-22-19(6-18)24(33-32-22)17-5-16(7-29)25(31-8-17)34-11-26(12-34)13-35(14-26)39(2,36)37/h3-6,8-10,15H,11-14H2,1-2H3,(H,32,33). The fraction of sp³-hybridized carbons (Fsp3) is 0.308. The average molecular weight is 584 g/mol. The molecule has 2 fully saturated rings. The highest BCUT2D eigenvalue weighted by molar-refractivity contribution is 7.88. The number of nitriles is 1. The number of aromatic amines is 1. The van der Waals surface area contributed by atoms with E-state index in [2.05, 4.69) is 26.2 Å². The van der Waals surface area contributed by atoms with Gasteiger partial charge >= 0.3 is 0 Å². The van der Waals surface area contributed by atoms with E-state index in [0.29, 0.717) is 70.2 Å². The summed E-state index contributed by atoms with van der Waals surface area (Å²) in [5.74, 6) is 1.19. The summed E-state index contributed by atoms with van der Waals surface area (Å²) >= 11 is 12.6. The molecule has 1 atom stereocenters. The number of aromatic nitrogens is 4. The Morgan fingerprint density at radius 2 is 1.85 bits per heavy atom. The molecular weight excluding hydrogens is 561 g/mol. The van der Waals surface area contributed by atoms with Crippen LogP contribution in [0.1, 0.15) is 24.2 Å². The largest absolute Gasteiger partial charge is 0.486 e. The van der Waals surface area contributed by atoms with Crippen molar-refractivity contribution in [1.82, 2.24) is 24.5 Å². The van der Waals surface area contributed by atoms with E-state index < -0.39 is 16.1 Å². The summed E-state index contributed by atoms with van der Waals surface area (Å²) in [7, 11) is -3.17. The maximum Gasteiger partial charge on any atom is 0.211 e. The predicted molar refractivity (Wildman–Crippen MR) is 148 cm³/mol. The molecule has 2 aliphatic heterocycles. The van der Waals surface area contributed by atoms with Crippen molar-refractivity contribution in [2.75, 3.05) is 37.3 Å². The molecule has 5 heterocycles. The zero-order chi connectivity index (χ0) is 27.5. The van der Waals surface area contributed by atoms with Crippen molar-refractivity contribution in [2.45, 2.75) is 13.0 Å². The number of rotatable bonds is 6. The van der Waals surface area contributed by atoms with Gasteiger partial charge in [-0.3, -0.25) is 10.1 Å². The summed E-state index contributed by atoms with van der Waals surface area (Å²) in [5.41, 5.74) is 3.15. The quantitative estimate of drug-likeness (QED) is 0.353. The van der Waals surface area contributed by atoms with Crippen LogP contribution in [0.4, 0.5) is 5.82 Å². The molecule has 0 radical (unpaired) electrons. The molecule has 2 aliphatic rings. The molecule has 0 aliphatic carbocycles. The van der Waals surface area contributed by atoms with Gasteiger partial charge in [0.2, 0.25) is 10.0 Å². The number of halogens is 2. The van der Waals surface area contributed by atoms with Gasteiger partial charge in [0.25, 0.3) is 0 Å². The molecule has 1 aromatic carbocycles. The van der Waals surface area contributed by atoms with Gasteiger partial charge in [0.15, 0.2) is 0 Å². The van der Waals surface area contributed by atoms with E-state index >= 15 is 0 Å². The third kappa shape index (κ3) is 4.57. The van der Waals surface area contributed by atoms with Crippen LogP contribution in [0.15, 0.2) is 42.9 Å². The van der Waals surface area contributed by atoms with E-state index in [1.54, 1.807) is 12.3 Å². The van der Waals surface area contributed by atoms with E-state index in [4.69, 9.17) is 27.9 Å². The molecule has 0 amide bonds. The summed E-state index contributed by atoms with van der Waals surface area (Å²) in [5, 5.41) is 19.0. The second-order valence-electron chi connectivity index (χ2n) is 10.2. The van der Waals surface area contributed by atoms with Gasteiger partial charge in [-0.2, -0.15) is 10.4 Å². The lowest BCUT2D eigenvalue weighted by atomic mass is 9.74. The zero-order valence-electron chi connectivity index (χ0n) is 21.0. The molecule has 3 aromatic heterocycles. The summed E-state index contributed by atoms with van der Waals surface area (Å²) in [6.07, 6.45) is 5.56. The Hall–Kier alpha value is -3.43. The summed E-state index contributed by atoms with van der Waals surface area (Å²) in [4.78, 5) is 10.6. The fourth-order valence-electron chi connectivity index (χ4n) is 5.33. The van der Waals surface area contributed by atoms with Gasteiger partial charge in [-0.1, -0.05) is 23.2 Å². The maximum absolute atomic E-state index is 11.7. The van der Waals surface area contributed by atoms with Gasteiger partial charge in [-0.15, -0.1) is 0 Å². The van der Waals surface area contributed by atoms with Gasteiger partial charge in [0, 0.05) is 66.7 Å². The number of nitrogens with zero attached hydrogens (tertiary/aromatic N) is 6. The molecule has 4 aromatic rings. The Balaban J connectivity index is 1.23. The number of sulfonamides is 1. The topological polar surface area (TPSA) is 128 Å². The molecule has 39 heavy (non-hydrogen) atoms. The highest BCUT2D eigenvalue weighted by Gasteiger charge is 2.54. The minimum atomic E-state index is -3.17. The Morgan fingerprint density at radius 1 is 1.13 bits per heavy atom. The van der Waals surface area contributed by atoms with Crippen LogP contribution in [0.5, 0.6) is 5.75 Å². The lowest BCUT2D eigenvalue weighted by molar-refractivity contribution is 0.0395. The first-order chi connectivity index (χ1) is 18.6. The van der Waals surface area contributed by atoms with E-state index in [1.165, 1.54) is 23.0 Å². The first-order valence-corrected chi connectivity index (χ1v) is 14.7. The molecular formula is C26H23Cl2N7O3S. The molecule has 1 N–H and O–H groups in total. The molecule has 200 valence electrons. The lowest BCUT2D eigenvalue weighted by Crippen LogP contribution is -2.73. The van der Waals surface area contributed by atoms with Crippen LogP contribution in [0.2, 0.25) is 10.0 Å². The van der Waals surface area contributed by atoms with Crippen molar-refractivity contribution in [3.05, 3.63) is 64.0 Å². The second kappa shape index (κ2) is 9.34. The van der Waals surface area contributed by atoms with E-state index in [0.717, 1.165) is 10.9 Å². The van der Waals surface area contributed by atoms with Crippen molar-refractivity contribution in [2.24, 2.45) is 5.41 Å². The molecule has 0 saturated carbocycles. The summed E-state index contributed by atoms with van der Waals surface area (Å²) in [6.45, 7) is 4.19. The van der Waals surface area contributed by atoms with Crippen molar-refractivity contribution in [1.29, 1.82) is 5.26 Å². The minimum absolute atomic E-state index is 0.0627. The predicted octanol–water partition coefficient (Wildman–Crippen LogP) is 4.42. The number of nitrogens with one attached hydrogen (secondary N) is 1. The molecule has 1 unspecified atom stereocenters. The van der Waals surface area contributed by atoms with Crippen LogP contribution in [-0.2, 0) is 10.0 Å². The Kier molecular flexibility index (Phi) is 6.19. The average Bonchev–Trinajstić information content (AvgIpc) is 3.25. The van der Waals surface area contributed by atoms with Gasteiger partial charge < -0.3 is 9.64 Å².